The van der Waals surface area contributed by atoms with Crippen LogP contribution >= 0.6 is 7.82 Å². The molecule has 1 N–H and O–H groups in total. The maximum Gasteiger partial charge on any atom is 0.472 e. The van der Waals surface area contributed by atoms with Crippen molar-refractivity contribution in [3.05, 3.63) is 45.3 Å². The first kappa shape index (κ1) is 52.7. The molecule has 340 valence electrons. The Hall–Kier alpha value is -2.43. The van der Waals surface area contributed by atoms with Crippen molar-refractivity contribution in [2.75, 3.05) is 40.5 Å². The van der Waals surface area contributed by atoms with Crippen LogP contribution in [0.4, 0.5) is 0 Å². The first-order valence-corrected chi connectivity index (χ1v) is 24.5. The summed E-state index contributed by atoms with van der Waals surface area (Å²) in [5.74, 6) is 3.69. The molecule has 0 spiro atoms. The zero-order chi connectivity index (χ0) is 43.5. The highest BCUT2D eigenvalue weighted by Crippen LogP contribution is 2.43. The molecular weight excluding hydrogens is 769 g/mol. The molecule has 59 heavy (non-hydrogen) atoms. The van der Waals surface area contributed by atoms with E-state index < -0.39 is 32.5 Å². The molecule has 2 rings (SSSR count). The van der Waals surface area contributed by atoms with Crippen molar-refractivity contribution in [3.8, 4) is 0 Å². The maximum absolute atomic E-state index is 12.8. The predicted octanol–water partition coefficient (Wildman–Crippen LogP) is 12.0. The van der Waals surface area contributed by atoms with E-state index in [1.807, 2.05) is 19.0 Å². The first-order chi connectivity index (χ1) is 28.3. The van der Waals surface area contributed by atoms with Gasteiger partial charge in [0.25, 0.3) is 0 Å². The van der Waals surface area contributed by atoms with E-state index in [2.05, 4.69) is 41.5 Å². The molecule has 0 saturated carbocycles. The van der Waals surface area contributed by atoms with E-state index in [4.69, 9.17) is 27.4 Å². The summed E-state index contributed by atoms with van der Waals surface area (Å²) >= 11 is 0. The molecule has 2 aromatic heterocycles. The number of hydrogen-bond donors (Lipinski definition) is 1. The molecule has 0 aliphatic rings. The number of carbonyl (C=O) groups excluding carboxylic acids is 2. The third-order valence-corrected chi connectivity index (χ3v) is 12.3. The van der Waals surface area contributed by atoms with Gasteiger partial charge in [-0.25, -0.2) is 4.57 Å². The number of esters is 2. The topological polar surface area (TPSA) is 138 Å². The van der Waals surface area contributed by atoms with E-state index in [0.29, 0.717) is 19.4 Å². The van der Waals surface area contributed by atoms with Crippen LogP contribution < -0.4 is 0 Å². The Morgan fingerprint density at radius 1 is 0.576 bits per heavy atom. The van der Waals surface area contributed by atoms with Crippen molar-refractivity contribution in [2.24, 2.45) is 0 Å². The van der Waals surface area contributed by atoms with Gasteiger partial charge in [0, 0.05) is 45.1 Å². The summed E-state index contributed by atoms with van der Waals surface area (Å²) < 4.78 is 46.1. The third kappa shape index (κ3) is 22.8. The van der Waals surface area contributed by atoms with Gasteiger partial charge in [-0.1, -0.05) is 90.9 Å². The van der Waals surface area contributed by atoms with Crippen LogP contribution in [0.3, 0.4) is 0 Å². The Morgan fingerprint density at radius 2 is 0.966 bits per heavy atom. The average molecular weight is 852 g/mol. The van der Waals surface area contributed by atoms with Gasteiger partial charge >= 0.3 is 19.8 Å². The number of ether oxygens (including phenoxy) is 2. The maximum atomic E-state index is 12.8. The number of rotatable bonds is 36. The molecule has 1 unspecified atom stereocenters. The highest BCUT2D eigenvalue weighted by atomic mass is 31.2. The standard InChI is InChI=1S/C47H82NO10P/c1-9-11-21-27-42-37(3)39(5)44(57-42)29-23-17-13-15-19-25-31-46(49)53-35-41(36-55-59(51,52)54-34-33-48(7)8)56-47(50)32-26-20-16-14-18-24-30-45-40(6)38(4)43(58-45)28-22-12-10-2/h41H,9-36H2,1-8H3,(H,51,52)/t41-/m1/s1. The van der Waals surface area contributed by atoms with Gasteiger partial charge in [0.1, 0.15) is 29.6 Å². The molecule has 11 nitrogen and oxygen atoms in total. The third-order valence-electron chi connectivity index (χ3n) is 11.3. The highest BCUT2D eigenvalue weighted by Gasteiger charge is 2.26. The van der Waals surface area contributed by atoms with Gasteiger partial charge in [0.2, 0.25) is 0 Å². The number of phosphoric acid groups is 1. The second-order valence-corrected chi connectivity index (χ2v) is 18.2. The molecular formula is C47H82NO10P. The summed E-state index contributed by atoms with van der Waals surface area (Å²) in [4.78, 5) is 37.4. The monoisotopic (exact) mass is 852 g/mol. The van der Waals surface area contributed by atoms with Crippen molar-refractivity contribution in [1.82, 2.24) is 4.90 Å². The minimum absolute atomic E-state index is 0.00812. The van der Waals surface area contributed by atoms with Crippen molar-refractivity contribution >= 4 is 19.8 Å². The Morgan fingerprint density at radius 3 is 1.39 bits per heavy atom. The normalized spacial score (nSPS) is 13.3. The van der Waals surface area contributed by atoms with E-state index >= 15 is 0 Å². The molecule has 0 aliphatic carbocycles. The molecule has 2 heterocycles. The minimum atomic E-state index is -4.39. The van der Waals surface area contributed by atoms with E-state index in [0.717, 1.165) is 113 Å². The second kappa shape index (κ2) is 30.6. The molecule has 2 aromatic rings. The number of carbonyl (C=O) groups is 2. The Balaban J connectivity index is 1.68. The first-order valence-electron chi connectivity index (χ1n) is 23.0. The molecule has 0 radical (unpaired) electrons. The summed E-state index contributed by atoms with van der Waals surface area (Å²) in [5, 5.41) is 0. The van der Waals surface area contributed by atoms with Crippen LogP contribution in [-0.2, 0) is 58.4 Å². The van der Waals surface area contributed by atoms with E-state index in [9.17, 15) is 19.0 Å². The lowest BCUT2D eigenvalue weighted by Gasteiger charge is -2.20. The summed E-state index contributed by atoms with van der Waals surface area (Å²) in [6.45, 7) is 12.8. The van der Waals surface area contributed by atoms with Crippen molar-refractivity contribution < 1.29 is 46.4 Å². The number of unbranched alkanes of at least 4 members (excludes halogenated alkanes) is 14. The van der Waals surface area contributed by atoms with Gasteiger partial charge in [-0.15, -0.1) is 0 Å². The predicted molar refractivity (Wildman–Crippen MR) is 236 cm³/mol. The Bertz CT molecular complexity index is 1500. The van der Waals surface area contributed by atoms with E-state index in [1.165, 1.54) is 60.8 Å². The zero-order valence-corrected chi connectivity index (χ0v) is 39.3. The van der Waals surface area contributed by atoms with Crippen LogP contribution in [0.15, 0.2) is 8.83 Å². The number of nitrogens with zero attached hydrogens (tertiary/aromatic N) is 1. The number of hydrogen-bond acceptors (Lipinski definition) is 10. The van der Waals surface area contributed by atoms with Crippen LogP contribution in [0.25, 0.3) is 0 Å². The van der Waals surface area contributed by atoms with Crippen LogP contribution in [-0.4, -0.2) is 68.3 Å². The Labute approximate surface area is 357 Å². The van der Waals surface area contributed by atoms with Gasteiger partial charge in [0.05, 0.1) is 13.2 Å². The number of furan rings is 2. The van der Waals surface area contributed by atoms with Crippen LogP contribution in [0, 0.1) is 27.7 Å². The van der Waals surface area contributed by atoms with Crippen LogP contribution in [0.2, 0.25) is 0 Å². The van der Waals surface area contributed by atoms with Crippen LogP contribution in [0.1, 0.15) is 188 Å². The SMILES string of the molecule is CCCCCc1oc(CCCCCCCCC(=O)OC[C@H](COP(=O)(O)OCCN(C)C)OC(=O)CCCCCCCCc2oc(CCCCC)c(C)c2C)c(C)c1C. The summed E-state index contributed by atoms with van der Waals surface area (Å²) in [5.41, 5.74) is 5.21. The van der Waals surface area contributed by atoms with Crippen molar-refractivity contribution in [2.45, 2.75) is 202 Å². The average Bonchev–Trinajstić information content (AvgIpc) is 3.62. The molecule has 0 amide bonds. The summed E-state index contributed by atoms with van der Waals surface area (Å²) in [6.07, 6.45) is 22.4. The molecule has 0 aromatic carbocycles. The number of phosphoric ester groups is 1. The highest BCUT2D eigenvalue weighted by molar-refractivity contribution is 7.47. The number of likely N-dealkylation sites (N-methyl/N-ethyl adjacent to an activating group) is 1. The van der Waals surface area contributed by atoms with Crippen molar-refractivity contribution in [3.63, 3.8) is 0 Å². The van der Waals surface area contributed by atoms with Gasteiger partial charge in [-0.05, 0) is 103 Å². The summed E-state index contributed by atoms with van der Waals surface area (Å²) in [7, 11) is -0.755. The summed E-state index contributed by atoms with van der Waals surface area (Å²) in [6, 6.07) is 0. The molecule has 0 aliphatic heterocycles. The lowest BCUT2D eigenvalue weighted by molar-refractivity contribution is -0.161. The lowest BCUT2D eigenvalue weighted by Crippen LogP contribution is -2.29. The van der Waals surface area contributed by atoms with Gasteiger partial charge in [0.15, 0.2) is 6.10 Å². The molecule has 0 bridgehead atoms. The van der Waals surface area contributed by atoms with Gasteiger partial charge in [-0.2, -0.15) is 0 Å². The van der Waals surface area contributed by atoms with E-state index in [1.54, 1.807) is 0 Å². The molecule has 2 atom stereocenters. The van der Waals surface area contributed by atoms with Crippen molar-refractivity contribution in [1.29, 1.82) is 0 Å². The molecule has 0 fully saturated rings. The smallest absolute Gasteiger partial charge is 0.466 e. The van der Waals surface area contributed by atoms with E-state index in [-0.39, 0.29) is 26.1 Å². The molecule has 12 heteroatoms. The molecule has 0 saturated heterocycles. The fourth-order valence-electron chi connectivity index (χ4n) is 7.16. The van der Waals surface area contributed by atoms with Gasteiger partial charge in [-0.3, -0.25) is 18.6 Å². The quantitative estimate of drug-likeness (QED) is 0.0398. The fourth-order valence-corrected chi connectivity index (χ4v) is 7.90. The largest absolute Gasteiger partial charge is 0.472 e. The Kier molecular flexibility index (Phi) is 27.3. The van der Waals surface area contributed by atoms with Crippen LogP contribution in [0.5, 0.6) is 0 Å². The second-order valence-electron chi connectivity index (χ2n) is 16.7. The minimum Gasteiger partial charge on any atom is -0.466 e. The lowest BCUT2D eigenvalue weighted by atomic mass is 10.0. The zero-order valence-electron chi connectivity index (χ0n) is 38.4. The number of aryl methyl sites for hydroxylation is 4. The fraction of sp³-hybridized carbons (Fsp3) is 0.787. The van der Waals surface area contributed by atoms with Gasteiger partial charge < -0.3 is 28.1 Å².